The van der Waals surface area contributed by atoms with Gasteiger partial charge in [-0.1, -0.05) is 0 Å². The van der Waals surface area contributed by atoms with E-state index in [-0.39, 0.29) is 0 Å². The maximum absolute atomic E-state index is 5.56. The van der Waals surface area contributed by atoms with Crippen LogP contribution in [-0.2, 0) is 0 Å². The van der Waals surface area contributed by atoms with Gasteiger partial charge in [-0.2, -0.15) is 4.98 Å². The molecular weight excluding hydrogens is 284 g/mol. The zero-order valence-corrected chi connectivity index (χ0v) is 11.5. The fraction of sp³-hybridized carbons (Fsp3) is 0.636. The SMILES string of the molecule is COc1nc(N(CCCN)C2CC2)ncc1Br. The third-order valence-electron chi connectivity index (χ3n) is 2.74. The van der Waals surface area contributed by atoms with Gasteiger partial charge in [0, 0.05) is 12.6 Å². The lowest BCUT2D eigenvalue weighted by Crippen LogP contribution is -2.30. The summed E-state index contributed by atoms with van der Waals surface area (Å²) in [5, 5.41) is 0. The molecule has 0 atom stereocenters. The Morgan fingerprint density at radius 3 is 2.94 bits per heavy atom. The minimum absolute atomic E-state index is 0.576. The lowest BCUT2D eigenvalue weighted by molar-refractivity contribution is 0.393. The molecule has 0 amide bonds. The molecule has 5 nitrogen and oxygen atoms in total. The summed E-state index contributed by atoms with van der Waals surface area (Å²) in [5.41, 5.74) is 5.56. The smallest absolute Gasteiger partial charge is 0.232 e. The van der Waals surface area contributed by atoms with E-state index >= 15 is 0 Å². The van der Waals surface area contributed by atoms with Gasteiger partial charge < -0.3 is 15.4 Å². The molecule has 94 valence electrons. The molecule has 6 heteroatoms. The quantitative estimate of drug-likeness (QED) is 0.864. The largest absolute Gasteiger partial charge is 0.480 e. The number of methoxy groups -OCH3 is 1. The summed E-state index contributed by atoms with van der Waals surface area (Å²) in [7, 11) is 1.61. The van der Waals surface area contributed by atoms with Gasteiger partial charge in [-0.3, -0.25) is 0 Å². The van der Waals surface area contributed by atoms with Crippen LogP contribution in [0.15, 0.2) is 10.7 Å². The summed E-state index contributed by atoms with van der Waals surface area (Å²) < 4.78 is 5.97. The van der Waals surface area contributed by atoms with Crippen LogP contribution in [0.4, 0.5) is 5.95 Å². The number of nitrogens with two attached hydrogens (primary N) is 1. The van der Waals surface area contributed by atoms with E-state index in [1.807, 2.05) is 0 Å². The molecule has 1 saturated carbocycles. The van der Waals surface area contributed by atoms with E-state index in [0.717, 1.165) is 23.4 Å². The van der Waals surface area contributed by atoms with E-state index < -0.39 is 0 Å². The number of anilines is 1. The maximum Gasteiger partial charge on any atom is 0.232 e. The number of ether oxygens (including phenoxy) is 1. The summed E-state index contributed by atoms with van der Waals surface area (Å²) in [5.74, 6) is 1.31. The van der Waals surface area contributed by atoms with Crippen molar-refractivity contribution >= 4 is 21.9 Å². The van der Waals surface area contributed by atoms with Crippen LogP contribution in [0.25, 0.3) is 0 Å². The average Bonchev–Trinajstić information content (AvgIpc) is 3.16. The highest BCUT2D eigenvalue weighted by molar-refractivity contribution is 9.10. The topological polar surface area (TPSA) is 64.3 Å². The number of aromatic nitrogens is 2. The monoisotopic (exact) mass is 300 g/mol. The molecule has 17 heavy (non-hydrogen) atoms. The molecule has 1 fully saturated rings. The molecule has 0 aromatic carbocycles. The second-order valence-electron chi connectivity index (χ2n) is 4.09. The molecule has 0 spiro atoms. The average molecular weight is 301 g/mol. The van der Waals surface area contributed by atoms with Crippen molar-refractivity contribution in [2.45, 2.75) is 25.3 Å². The lowest BCUT2D eigenvalue weighted by atomic mass is 10.4. The second-order valence-corrected chi connectivity index (χ2v) is 4.95. The zero-order chi connectivity index (χ0) is 12.3. The Hall–Kier alpha value is -0.880. The van der Waals surface area contributed by atoms with Crippen LogP contribution in [0.1, 0.15) is 19.3 Å². The summed E-state index contributed by atoms with van der Waals surface area (Å²) in [6.45, 7) is 1.60. The van der Waals surface area contributed by atoms with Crippen LogP contribution in [-0.4, -0.2) is 36.2 Å². The molecule has 0 bridgehead atoms. The molecule has 0 saturated heterocycles. The molecule has 1 aliphatic rings. The Bertz CT molecular complexity index is 384. The summed E-state index contributed by atoms with van der Waals surface area (Å²) in [6.07, 6.45) is 5.12. The van der Waals surface area contributed by atoms with Gasteiger partial charge in [-0.25, -0.2) is 4.98 Å². The number of rotatable bonds is 6. The van der Waals surface area contributed by atoms with Crippen molar-refractivity contribution in [2.24, 2.45) is 5.73 Å². The van der Waals surface area contributed by atoms with E-state index in [4.69, 9.17) is 10.5 Å². The molecule has 1 heterocycles. The van der Waals surface area contributed by atoms with Crippen LogP contribution in [0.5, 0.6) is 5.88 Å². The van der Waals surface area contributed by atoms with Gasteiger partial charge in [0.15, 0.2) is 0 Å². The number of nitrogens with zero attached hydrogens (tertiary/aromatic N) is 3. The minimum Gasteiger partial charge on any atom is -0.480 e. The zero-order valence-electron chi connectivity index (χ0n) is 9.90. The first-order chi connectivity index (χ1) is 8.26. The van der Waals surface area contributed by atoms with Crippen LogP contribution in [0.3, 0.4) is 0 Å². The van der Waals surface area contributed by atoms with Crippen molar-refractivity contribution in [1.29, 1.82) is 0 Å². The second kappa shape index (κ2) is 5.64. The van der Waals surface area contributed by atoms with Crippen LogP contribution >= 0.6 is 15.9 Å². The predicted octanol–water partition coefficient (Wildman–Crippen LogP) is 1.57. The Labute approximate surface area is 110 Å². The van der Waals surface area contributed by atoms with Crippen molar-refractivity contribution in [3.63, 3.8) is 0 Å². The van der Waals surface area contributed by atoms with Crippen LogP contribution in [0.2, 0.25) is 0 Å². The Morgan fingerprint density at radius 1 is 1.59 bits per heavy atom. The van der Waals surface area contributed by atoms with Crippen molar-refractivity contribution in [2.75, 3.05) is 25.1 Å². The van der Waals surface area contributed by atoms with E-state index in [1.165, 1.54) is 12.8 Å². The van der Waals surface area contributed by atoms with Crippen molar-refractivity contribution in [1.82, 2.24) is 9.97 Å². The van der Waals surface area contributed by atoms with Crippen molar-refractivity contribution in [3.05, 3.63) is 10.7 Å². The number of hydrogen-bond acceptors (Lipinski definition) is 5. The van der Waals surface area contributed by atoms with Crippen LogP contribution in [0, 0.1) is 0 Å². The highest BCUT2D eigenvalue weighted by Gasteiger charge is 2.30. The number of hydrogen-bond donors (Lipinski definition) is 1. The number of halogens is 1. The van der Waals surface area contributed by atoms with Crippen molar-refractivity contribution in [3.8, 4) is 5.88 Å². The fourth-order valence-electron chi connectivity index (χ4n) is 1.72. The molecule has 2 rings (SSSR count). The Balaban J connectivity index is 2.16. The summed E-state index contributed by atoms with van der Waals surface area (Å²) >= 11 is 3.36. The standard InChI is InChI=1S/C11H17BrN4O/c1-17-10-9(12)7-14-11(15-10)16(6-2-5-13)8-3-4-8/h7-8H,2-6,13H2,1H3. The van der Waals surface area contributed by atoms with E-state index in [9.17, 15) is 0 Å². The highest BCUT2D eigenvalue weighted by atomic mass is 79.9. The molecule has 1 aromatic heterocycles. The fourth-order valence-corrected chi connectivity index (χ4v) is 2.07. The third-order valence-corrected chi connectivity index (χ3v) is 3.28. The molecule has 1 aromatic rings. The van der Waals surface area contributed by atoms with Gasteiger partial charge in [-0.05, 0) is 41.7 Å². The van der Waals surface area contributed by atoms with Gasteiger partial charge in [-0.15, -0.1) is 0 Å². The molecular formula is C11H17BrN4O. The maximum atomic E-state index is 5.56. The van der Waals surface area contributed by atoms with Gasteiger partial charge in [0.05, 0.1) is 17.8 Å². The molecule has 0 aliphatic heterocycles. The Morgan fingerprint density at radius 2 is 2.35 bits per heavy atom. The lowest BCUT2D eigenvalue weighted by Gasteiger charge is -2.22. The first-order valence-corrected chi connectivity index (χ1v) is 6.58. The van der Waals surface area contributed by atoms with E-state index in [0.29, 0.717) is 18.5 Å². The van der Waals surface area contributed by atoms with Crippen LogP contribution < -0.4 is 15.4 Å². The summed E-state index contributed by atoms with van der Waals surface area (Å²) in [4.78, 5) is 11.0. The third kappa shape index (κ3) is 3.07. The van der Waals surface area contributed by atoms with Gasteiger partial charge in [0.1, 0.15) is 0 Å². The van der Waals surface area contributed by atoms with E-state index in [2.05, 4.69) is 30.8 Å². The predicted molar refractivity (Wildman–Crippen MR) is 70.3 cm³/mol. The molecule has 2 N–H and O–H groups in total. The van der Waals surface area contributed by atoms with E-state index in [1.54, 1.807) is 13.3 Å². The van der Waals surface area contributed by atoms with Gasteiger partial charge in [0.25, 0.3) is 0 Å². The first kappa shape index (κ1) is 12.6. The first-order valence-electron chi connectivity index (χ1n) is 5.79. The van der Waals surface area contributed by atoms with Crippen molar-refractivity contribution < 1.29 is 4.74 Å². The van der Waals surface area contributed by atoms with Gasteiger partial charge >= 0.3 is 0 Å². The minimum atomic E-state index is 0.576. The normalized spacial score (nSPS) is 14.8. The van der Waals surface area contributed by atoms with Gasteiger partial charge in [0.2, 0.25) is 11.8 Å². The summed E-state index contributed by atoms with van der Waals surface area (Å²) in [6, 6.07) is 0.576. The Kier molecular flexibility index (Phi) is 4.17. The molecule has 0 unspecified atom stereocenters. The highest BCUT2D eigenvalue weighted by Crippen LogP contribution is 2.31. The molecule has 0 radical (unpaired) electrons. The molecule has 1 aliphatic carbocycles.